The Bertz CT molecular complexity index is 721. The normalized spacial score (nSPS) is 11.4. The monoisotopic (exact) mass is 325 g/mol. The molecule has 0 fully saturated rings. The quantitative estimate of drug-likeness (QED) is 0.750. The van der Waals surface area contributed by atoms with Crippen LogP contribution < -0.4 is 14.2 Å². The molecule has 0 aliphatic carbocycles. The van der Waals surface area contributed by atoms with Gasteiger partial charge in [0.05, 0.1) is 18.5 Å². The average molecular weight is 325 g/mol. The van der Waals surface area contributed by atoms with E-state index in [0.717, 1.165) is 0 Å². The van der Waals surface area contributed by atoms with Crippen molar-refractivity contribution in [1.29, 1.82) is 0 Å². The van der Waals surface area contributed by atoms with Crippen molar-refractivity contribution in [3.05, 3.63) is 35.7 Å². The van der Waals surface area contributed by atoms with Crippen LogP contribution in [0.1, 0.15) is 11.4 Å². The van der Waals surface area contributed by atoms with Gasteiger partial charge in [-0.15, -0.1) is 0 Å². The molecule has 0 aliphatic heterocycles. The number of aryl methyl sites for hydroxylation is 2. The van der Waals surface area contributed by atoms with Gasteiger partial charge in [-0.3, -0.25) is 5.10 Å². The predicted octanol–water partition coefficient (Wildman–Crippen LogP) is 1.39. The molecular weight excluding hydrogens is 306 g/mol. The van der Waals surface area contributed by atoms with E-state index < -0.39 is 10.0 Å². The smallest absolute Gasteiger partial charge is 0.244 e. The van der Waals surface area contributed by atoms with E-state index >= 15 is 0 Å². The Labute approximate surface area is 129 Å². The first-order valence-electron chi connectivity index (χ1n) is 6.72. The van der Waals surface area contributed by atoms with Gasteiger partial charge < -0.3 is 9.47 Å². The fourth-order valence-corrected chi connectivity index (χ4v) is 3.42. The van der Waals surface area contributed by atoms with E-state index in [1.807, 2.05) is 0 Å². The molecule has 0 spiro atoms. The Kier molecular flexibility index (Phi) is 5.04. The van der Waals surface area contributed by atoms with Gasteiger partial charge in [0.2, 0.25) is 10.0 Å². The molecule has 22 heavy (non-hydrogen) atoms. The number of aromatic amines is 1. The van der Waals surface area contributed by atoms with Crippen LogP contribution in [0, 0.1) is 13.8 Å². The maximum Gasteiger partial charge on any atom is 0.244 e. The second-order valence-electron chi connectivity index (χ2n) is 4.69. The SMILES string of the molecule is COc1cccc(OCCNS(=O)(=O)c2c(C)n[nH]c2C)c1. The van der Waals surface area contributed by atoms with Crippen LogP contribution >= 0.6 is 0 Å². The summed E-state index contributed by atoms with van der Waals surface area (Å²) in [5.41, 5.74) is 0.956. The lowest BCUT2D eigenvalue weighted by Gasteiger charge is -2.09. The molecular formula is C14H19N3O4S. The van der Waals surface area contributed by atoms with Gasteiger partial charge >= 0.3 is 0 Å². The number of hydrogen-bond donors (Lipinski definition) is 2. The molecule has 0 unspecified atom stereocenters. The van der Waals surface area contributed by atoms with Crippen LogP contribution in [0.4, 0.5) is 0 Å². The van der Waals surface area contributed by atoms with Gasteiger partial charge in [-0.2, -0.15) is 5.10 Å². The minimum absolute atomic E-state index is 0.156. The zero-order chi connectivity index (χ0) is 16.2. The number of nitrogens with zero attached hydrogens (tertiary/aromatic N) is 1. The summed E-state index contributed by atoms with van der Waals surface area (Å²) in [7, 11) is -2.02. The van der Waals surface area contributed by atoms with E-state index in [0.29, 0.717) is 22.9 Å². The topological polar surface area (TPSA) is 93.3 Å². The first kappa shape index (κ1) is 16.3. The maximum absolute atomic E-state index is 12.2. The third-order valence-electron chi connectivity index (χ3n) is 3.03. The summed E-state index contributed by atoms with van der Waals surface area (Å²) in [5.74, 6) is 1.30. The van der Waals surface area contributed by atoms with Crippen molar-refractivity contribution < 1.29 is 17.9 Å². The average Bonchev–Trinajstić information content (AvgIpc) is 2.83. The molecule has 0 aliphatic rings. The summed E-state index contributed by atoms with van der Waals surface area (Å²) in [5, 5.41) is 6.55. The summed E-state index contributed by atoms with van der Waals surface area (Å²) in [6.07, 6.45) is 0. The third kappa shape index (κ3) is 3.77. The molecule has 0 atom stereocenters. The van der Waals surface area contributed by atoms with Crippen LogP contribution in [0.2, 0.25) is 0 Å². The number of aromatic nitrogens is 2. The third-order valence-corrected chi connectivity index (χ3v) is 4.76. The molecule has 0 bridgehead atoms. The Morgan fingerprint density at radius 1 is 1.27 bits per heavy atom. The van der Waals surface area contributed by atoms with Gasteiger partial charge in [0, 0.05) is 12.6 Å². The van der Waals surface area contributed by atoms with Crippen molar-refractivity contribution in [2.45, 2.75) is 18.7 Å². The van der Waals surface area contributed by atoms with Crippen LogP contribution in [0.5, 0.6) is 11.5 Å². The minimum Gasteiger partial charge on any atom is -0.497 e. The summed E-state index contributed by atoms with van der Waals surface area (Å²) < 4.78 is 37.5. The van der Waals surface area contributed by atoms with Crippen molar-refractivity contribution in [1.82, 2.24) is 14.9 Å². The lowest BCUT2D eigenvalue weighted by molar-refractivity contribution is 0.320. The van der Waals surface area contributed by atoms with Crippen molar-refractivity contribution in [2.75, 3.05) is 20.3 Å². The van der Waals surface area contributed by atoms with Gasteiger partial charge in [-0.05, 0) is 26.0 Å². The number of ether oxygens (including phenoxy) is 2. The molecule has 8 heteroatoms. The van der Waals surface area contributed by atoms with Crippen LogP contribution in [0.25, 0.3) is 0 Å². The molecule has 2 rings (SSSR count). The number of methoxy groups -OCH3 is 1. The number of hydrogen-bond acceptors (Lipinski definition) is 5. The van der Waals surface area contributed by atoms with Crippen LogP contribution in [0.15, 0.2) is 29.2 Å². The maximum atomic E-state index is 12.2. The van der Waals surface area contributed by atoms with E-state index in [4.69, 9.17) is 9.47 Å². The number of sulfonamides is 1. The molecule has 1 aromatic heterocycles. The minimum atomic E-state index is -3.59. The van der Waals surface area contributed by atoms with E-state index in [-0.39, 0.29) is 18.0 Å². The lowest BCUT2D eigenvalue weighted by atomic mass is 10.3. The highest BCUT2D eigenvalue weighted by molar-refractivity contribution is 7.89. The lowest BCUT2D eigenvalue weighted by Crippen LogP contribution is -2.29. The second-order valence-corrected chi connectivity index (χ2v) is 6.39. The van der Waals surface area contributed by atoms with Crippen LogP contribution in [0.3, 0.4) is 0 Å². The van der Waals surface area contributed by atoms with Gasteiger partial charge in [0.15, 0.2) is 0 Å². The molecule has 0 saturated heterocycles. The summed E-state index contributed by atoms with van der Waals surface area (Å²) >= 11 is 0. The van der Waals surface area contributed by atoms with E-state index in [2.05, 4.69) is 14.9 Å². The largest absolute Gasteiger partial charge is 0.497 e. The first-order valence-corrected chi connectivity index (χ1v) is 8.20. The molecule has 7 nitrogen and oxygen atoms in total. The van der Waals surface area contributed by atoms with Crippen molar-refractivity contribution in [3.63, 3.8) is 0 Å². The van der Waals surface area contributed by atoms with Gasteiger partial charge in [-0.25, -0.2) is 13.1 Å². The van der Waals surface area contributed by atoms with Crippen molar-refractivity contribution >= 4 is 10.0 Å². The number of benzene rings is 1. The molecule has 0 amide bonds. The van der Waals surface area contributed by atoms with E-state index in [1.54, 1.807) is 45.2 Å². The molecule has 120 valence electrons. The molecule has 0 saturated carbocycles. The highest BCUT2D eigenvalue weighted by Gasteiger charge is 2.21. The van der Waals surface area contributed by atoms with E-state index in [9.17, 15) is 8.42 Å². The Morgan fingerprint density at radius 3 is 2.64 bits per heavy atom. The predicted molar refractivity (Wildman–Crippen MR) is 81.7 cm³/mol. The Hall–Kier alpha value is -2.06. The van der Waals surface area contributed by atoms with Crippen molar-refractivity contribution in [2.24, 2.45) is 0 Å². The molecule has 1 heterocycles. The molecule has 2 aromatic rings. The first-order chi connectivity index (χ1) is 10.4. The molecule has 1 aromatic carbocycles. The molecule has 0 radical (unpaired) electrons. The fourth-order valence-electron chi connectivity index (χ4n) is 2.04. The second kappa shape index (κ2) is 6.80. The Balaban J connectivity index is 1.91. The zero-order valence-corrected chi connectivity index (χ0v) is 13.5. The molecule has 2 N–H and O–H groups in total. The van der Waals surface area contributed by atoms with Crippen LogP contribution in [-0.2, 0) is 10.0 Å². The highest BCUT2D eigenvalue weighted by atomic mass is 32.2. The fraction of sp³-hybridized carbons (Fsp3) is 0.357. The highest BCUT2D eigenvalue weighted by Crippen LogP contribution is 2.19. The summed E-state index contributed by atoms with van der Waals surface area (Å²) in [6.45, 7) is 3.68. The van der Waals surface area contributed by atoms with Gasteiger partial charge in [0.25, 0.3) is 0 Å². The number of nitrogens with one attached hydrogen (secondary N) is 2. The summed E-state index contributed by atoms with van der Waals surface area (Å²) in [4.78, 5) is 0.189. The number of H-pyrrole nitrogens is 1. The Morgan fingerprint density at radius 2 is 2.00 bits per heavy atom. The van der Waals surface area contributed by atoms with Gasteiger partial charge in [-0.1, -0.05) is 6.07 Å². The number of rotatable bonds is 7. The van der Waals surface area contributed by atoms with Gasteiger partial charge in [0.1, 0.15) is 23.0 Å². The zero-order valence-electron chi connectivity index (χ0n) is 12.7. The van der Waals surface area contributed by atoms with E-state index in [1.165, 1.54) is 0 Å². The summed E-state index contributed by atoms with van der Waals surface area (Å²) in [6, 6.07) is 7.12. The van der Waals surface area contributed by atoms with Crippen LogP contribution in [-0.4, -0.2) is 38.9 Å². The van der Waals surface area contributed by atoms with Crippen molar-refractivity contribution in [3.8, 4) is 11.5 Å². The standard InChI is InChI=1S/C14H19N3O4S/c1-10-14(11(2)17-16-10)22(18,19)15-7-8-21-13-6-4-5-12(9-13)20-3/h4-6,9,15H,7-8H2,1-3H3,(H,16,17).